The van der Waals surface area contributed by atoms with Crippen molar-refractivity contribution in [1.29, 1.82) is 0 Å². The van der Waals surface area contributed by atoms with Crippen LogP contribution in [0.5, 0.6) is 11.5 Å². The van der Waals surface area contributed by atoms with Gasteiger partial charge in [-0.05, 0) is 56.2 Å². The Labute approximate surface area is 159 Å². The number of amides is 2. The predicted molar refractivity (Wildman–Crippen MR) is 103 cm³/mol. The number of anilines is 1. The first-order chi connectivity index (χ1) is 13.2. The van der Waals surface area contributed by atoms with Crippen molar-refractivity contribution in [3.63, 3.8) is 0 Å². The molecule has 6 heteroatoms. The van der Waals surface area contributed by atoms with E-state index >= 15 is 0 Å². The number of hydrogen-bond acceptors (Lipinski definition) is 4. The minimum absolute atomic E-state index is 0.0218. The average Bonchev–Trinajstić information content (AvgIpc) is 2.95. The van der Waals surface area contributed by atoms with Crippen LogP contribution in [0.25, 0.3) is 0 Å². The molecule has 2 bridgehead atoms. The van der Waals surface area contributed by atoms with Gasteiger partial charge >= 0.3 is 6.03 Å². The van der Waals surface area contributed by atoms with Crippen LogP contribution >= 0.6 is 0 Å². The standard InChI is InChI=1S/C21H25N3O3/c1-2-26-18-9-5-15(6-10-18)23-21(25)24-16-7-8-17(24)13-20(12-16)27-19-4-3-11-22-14-19/h3-6,9-11,14,16-17,20H,2,7-8,12-13H2,1H3,(H,23,25). The third kappa shape index (κ3) is 3.99. The van der Waals surface area contributed by atoms with Crippen molar-refractivity contribution < 1.29 is 14.3 Å². The summed E-state index contributed by atoms with van der Waals surface area (Å²) in [7, 11) is 0. The minimum atomic E-state index is -0.0218. The second kappa shape index (κ2) is 7.86. The second-order valence-electron chi connectivity index (χ2n) is 7.08. The summed E-state index contributed by atoms with van der Waals surface area (Å²) in [6.45, 7) is 2.58. The van der Waals surface area contributed by atoms with Gasteiger partial charge in [-0.2, -0.15) is 0 Å². The molecule has 1 N–H and O–H groups in total. The molecule has 2 aliphatic rings. The van der Waals surface area contributed by atoms with Crippen molar-refractivity contribution in [1.82, 2.24) is 9.88 Å². The number of hydrogen-bond donors (Lipinski definition) is 1. The van der Waals surface area contributed by atoms with Gasteiger partial charge in [0, 0.05) is 36.8 Å². The molecule has 2 atom stereocenters. The van der Waals surface area contributed by atoms with Gasteiger partial charge < -0.3 is 19.7 Å². The highest BCUT2D eigenvalue weighted by Crippen LogP contribution is 2.37. The first kappa shape index (κ1) is 17.6. The SMILES string of the molecule is CCOc1ccc(NC(=O)N2C3CCC2CC(Oc2cccnc2)C3)cc1. The smallest absolute Gasteiger partial charge is 0.322 e. The topological polar surface area (TPSA) is 63.7 Å². The van der Waals surface area contributed by atoms with Crippen LogP contribution < -0.4 is 14.8 Å². The van der Waals surface area contributed by atoms with E-state index in [1.165, 1.54) is 0 Å². The number of nitrogens with one attached hydrogen (secondary N) is 1. The molecule has 142 valence electrons. The normalized spacial score (nSPS) is 23.7. The molecule has 2 aliphatic heterocycles. The van der Waals surface area contributed by atoms with Crippen molar-refractivity contribution in [2.75, 3.05) is 11.9 Å². The van der Waals surface area contributed by atoms with E-state index in [0.717, 1.165) is 42.9 Å². The summed E-state index contributed by atoms with van der Waals surface area (Å²) < 4.78 is 11.5. The number of carbonyl (C=O) groups excluding carboxylic acids is 1. The molecule has 3 heterocycles. The fraction of sp³-hybridized carbons (Fsp3) is 0.429. The number of piperidine rings is 1. The number of carbonyl (C=O) groups is 1. The highest BCUT2D eigenvalue weighted by Gasteiger charge is 2.44. The number of fused-ring (bicyclic) bond motifs is 2. The summed E-state index contributed by atoms with van der Waals surface area (Å²) in [5.41, 5.74) is 0.789. The molecule has 6 nitrogen and oxygen atoms in total. The first-order valence-corrected chi connectivity index (χ1v) is 9.62. The lowest BCUT2D eigenvalue weighted by Crippen LogP contribution is -2.50. The Kier molecular flexibility index (Phi) is 5.14. The van der Waals surface area contributed by atoms with Crippen LogP contribution in [0.4, 0.5) is 10.5 Å². The summed E-state index contributed by atoms with van der Waals surface area (Å²) in [6, 6.07) is 11.8. The Morgan fingerprint density at radius 2 is 1.89 bits per heavy atom. The zero-order valence-corrected chi connectivity index (χ0v) is 15.5. The molecule has 0 aliphatic carbocycles. The van der Waals surface area contributed by atoms with Crippen LogP contribution in [0.15, 0.2) is 48.8 Å². The number of rotatable bonds is 5. The molecule has 0 saturated carbocycles. The Bertz CT molecular complexity index is 752. The molecule has 2 fully saturated rings. The van der Waals surface area contributed by atoms with Gasteiger partial charge in [-0.15, -0.1) is 0 Å². The molecule has 4 rings (SSSR count). The lowest BCUT2D eigenvalue weighted by Gasteiger charge is -2.38. The van der Waals surface area contributed by atoms with Gasteiger partial charge in [-0.3, -0.25) is 4.98 Å². The lowest BCUT2D eigenvalue weighted by atomic mass is 10.00. The van der Waals surface area contributed by atoms with E-state index in [2.05, 4.69) is 10.3 Å². The molecule has 1 aromatic heterocycles. The van der Waals surface area contributed by atoms with Crippen LogP contribution in [-0.2, 0) is 0 Å². The molecule has 2 saturated heterocycles. The Morgan fingerprint density at radius 3 is 2.52 bits per heavy atom. The molecule has 0 radical (unpaired) electrons. The molecule has 2 amide bonds. The molecule has 27 heavy (non-hydrogen) atoms. The highest BCUT2D eigenvalue weighted by molar-refractivity contribution is 5.90. The van der Waals surface area contributed by atoms with Crippen LogP contribution in [-0.4, -0.2) is 40.7 Å². The van der Waals surface area contributed by atoms with E-state index in [-0.39, 0.29) is 24.2 Å². The summed E-state index contributed by atoms with van der Waals surface area (Å²) >= 11 is 0. The number of nitrogens with zero attached hydrogens (tertiary/aromatic N) is 2. The Morgan fingerprint density at radius 1 is 1.15 bits per heavy atom. The van der Waals surface area contributed by atoms with Gasteiger partial charge in [-0.25, -0.2) is 4.79 Å². The van der Waals surface area contributed by atoms with Gasteiger partial charge in [0.2, 0.25) is 0 Å². The largest absolute Gasteiger partial charge is 0.494 e. The van der Waals surface area contributed by atoms with Crippen LogP contribution in [0.2, 0.25) is 0 Å². The van der Waals surface area contributed by atoms with Gasteiger partial charge in [0.05, 0.1) is 12.8 Å². The molecule has 2 unspecified atom stereocenters. The van der Waals surface area contributed by atoms with Crippen molar-refractivity contribution >= 4 is 11.7 Å². The first-order valence-electron chi connectivity index (χ1n) is 9.62. The third-order valence-corrected chi connectivity index (χ3v) is 5.28. The number of benzene rings is 1. The van der Waals surface area contributed by atoms with E-state index in [9.17, 15) is 4.79 Å². The second-order valence-corrected chi connectivity index (χ2v) is 7.08. The van der Waals surface area contributed by atoms with Crippen LogP contribution in [0.3, 0.4) is 0 Å². The van der Waals surface area contributed by atoms with Gasteiger partial charge in [-0.1, -0.05) is 0 Å². The lowest BCUT2D eigenvalue weighted by molar-refractivity contribution is 0.0730. The molecule has 2 aromatic rings. The molecule has 1 aromatic carbocycles. The van der Waals surface area contributed by atoms with Gasteiger partial charge in [0.1, 0.15) is 17.6 Å². The van der Waals surface area contributed by atoms with Crippen LogP contribution in [0.1, 0.15) is 32.6 Å². The van der Waals surface area contributed by atoms with Crippen LogP contribution in [0, 0.1) is 0 Å². The Balaban J connectivity index is 1.36. The quantitative estimate of drug-likeness (QED) is 0.865. The van der Waals surface area contributed by atoms with Gasteiger partial charge in [0.15, 0.2) is 0 Å². The average molecular weight is 367 g/mol. The maximum atomic E-state index is 12.8. The van der Waals surface area contributed by atoms with E-state index in [4.69, 9.17) is 9.47 Å². The summed E-state index contributed by atoms with van der Waals surface area (Å²) in [6.07, 6.45) is 7.42. The number of urea groups is 1. The molecular weight excluding hydrogens is 342 g/mol. The number of ether oxygens (including phenoxy) is 2. The maximum absolute atomic E-state index is 12.8. The van der Waals surface area contributed by atoms with Crippen molar-refractivity contribution in [2.45, 2.75) is 50.8 Å². The molecular formula is C21H25N3O3. The Hall–Kier alpha value is -2.76. The van der Waals surface area contributed by atoms with Crippen molar-refractivity contribution in [3.05, 3.63) is 48.8 Å². The highest BCUT2D eigenvalue weighted by atomic mass is 16.5. The fourth-order valence-corrected chi connectivity index (χ4v) is 4.15. The summed E-state index contributed by atoms with van der Waals surface area (Å²) in [5.74, 6) is 1.61. The van der Waals surface area contributed by atoms with E-state index in [0.29, 0.717) is 6.61 Å². The maximum Gasteiger partial charge on any atom is 0.322 e. The summed E-state index contributed by atoms with van der Waals surface area (Å²) in [4.78, 5) is 19.0. The van der Waals surface area contributed by atoms with E-state index < -0.39 is 0 Å². The molecule has 0 spiro atoms. The fourth-order valence-electron chi connectivity index (χ4n) is 4.15. The van der Waals surface area contributed by atoms with E-state index in [1.807, 2.05) is 48.2 Å². The zero-order valence-electron chi connectivity index (χ0n) is 15.5. The third-order valence-electron chi connectivity index (χ3n) is 5.28. The number of pyridine rings is 1. The van der Waals surface area contributed by atoms with Gasteiger partial charge in [0.25, 0.3) is 0 Å². The summed E-state index contributed by atoms with van der Waals surface area (Å²) in [5, 5.41) is 3.03. The zero-order chi connectivity index (χ0) is 18.6. The van der Waals surface area contributed by atoms with Crippen molar-refractivity contribution in [3.8, 4) is 11.5 Å². The predicted octanol–water partition coefficient (Wildman–Crippen LogP) is 4.09. The van der Waals surface area contributed by atoms with E-state index in [1.54, 1.807) is 12.4 Å². The minimum Gasteiger partial charge on any atom is -0.494 e. The number of aromatic nitrogens is 1. The van der Waals surface area contributed by atoms with Crippen molar-refractivity contribution in [2.24, 2.45) is 0 Å². The monoisotopic (exact) mass is 367 g/mol.